The van der Waals surface area contributed by atoms with Crippen LogP contribution in [0.5, 0.6) is 0 Å². The maximum atomic E-state index is 14.5. The van der Waals surface area contributed by atoms with E-state index in [0.29, 0.717) is 26.6 Å². The molecule has 1 aromatic carbocycles. The lowest BCUT2D eigenvalue weighted by molar-refractivity contribution is -0.146. The molecule has 1 unspecified atom stereocenters. The summed E-state index contributed by atoms with van der Waals surface area (Å²) in [6.45, 7) is 5.89. The van der Waals surface area contributed by atoms with Crippen LogP contribution in [0.1, 0.15) is 43.9 Å². The van der Waals surface area contributed by atoms with Crippen LogP contribution in [0.3, 0.4) is 0 Å². The number of pyridine rings is 1. The predicted octanol–water partition coefficient (Wildman–Crippen LogP) is 3.99. The third-order valence-corrected chi connectivity index (χ3v) is 4.63. The number of primary amides is 1. The Balaban J connectivity index is 2.48. The molecule has 0 bridgehead atoms. The summed E-state index contributed by atoms with van der Waals surface area (Å²) in [4.78, 5) is 28.2. The van der Waals surface area contributed by atoms with E-state index in [9.17, 15) is 14.0 Å². The van der Waals surface area contributed by atoms with E-state index >= 15 is 0 Å². The summed E-state index contributed by atoms with van der Waals surface area (Å²) in [6, 6.07) is 4.90. The number of nitrogens with two attached hydrogens (primary N) is 1. The lowest BCUT2D eigenvalue weighted by Crippen LogP contribution is -2.22. The standard InChI is InChI=1S/C19H22BrFN2O3/c1-10(2)9-26-19(25)12(4-7-17(22)24)13-8-14-16(23-11(13)3)6-5-15(20)18(14)21/h5-6,8,10,12H,4,7,9H2,1-3H3,(H2,22,24). The van der Waals surface area contributed by atoms with E-state index in [1.165, 1.54) is 0 Å². The van der Waals surface area contributed by atoms with Gasteiger partial charge in [0, 0.05) is 17.5 Å². The molecule has 0 aliphatic carbocycles. The zero-order chi connectivity index (χ0) is 19.4. The number of halogens is 2. The number of amides is 1. The lowest BCUT2D eigenvalue weighted by atomic mass is 9.91. The first-order chi connectivity index (χ1) is 12.2. The number of carbonyl (C=O) groups is 2. The molecule has 0 fully saturated rings. The van der Waals surface area contributed by atoms with Gasteiger partial charge in [0.1, 0.15) is 5.82 Å². The van der Waals surface area contributed by atoms with Crippen molar-refractivity contribution < 1.29 is 18.7 Å². The topological polar surface area (TPSA) is 82.3 Å². The lowest BCUT2D eigenvalue weighted by Gasteiger charge is -2.19. The quantitative estimate of drug-likeness (QED) is 0.680. The van der Waals surface area contributed by atoms with Crippen LogP contribution < -0.4 is 5.73 Å². The molecule has 0 aliphatic heterocycles. The van der Waals surface area contributed by atoms with Crippen molar-refractivity contribution in [2.24, 2.45) is 11.7 Å². The van der Waals surface area contributed by atoms with Gasteiger partial charge in [-0.2, -0.15) is 0 Å². The van der Waals surface area contributed by atoms with E-state index in [1.807, 2.05) is 13.8 Å². The zero-order valence-corrected chi connectivity index (χ0v) is 16.6. The molecule has 1 amide bonds. The van der Waals surface area contributed by atoms with Crippen molar-refractivity contribution in [2.45, 2.75) is 39.5 Å². The summed E-state index contributed by atoms with van der Waals surface area (Å²) in [5, 5.41) is 0.306. The highest BCUT2D eigenvalue weighted by Crippen LogP contribution is 2.31. The first kappa shape index (κ1) is 20.3. The summed E-state index contributed by atoms with van der Waals surface area (Å²) in [5.41, 5.74) is 6.88. The van der Waals surface area contributed by atoms with Crippen LogP contribution in [0, 0.1) is 18.7 Å². The molecule has 7 heteroatoms. The highest BCUT2D eigenvalue weighted by atomic mass is 79.9. The molecule has 140 valence electrons. The molecule has 0 saturated heterocycles. The monoisotopic (exact) mass is 424 g/mol. The van der Waals surface area contributed by atoms with Gasteiger partial charge in [-0.3, -0.25) is 14.6 Å². The molecule has 1 atom stereocenters. The number of aryl methyl sites for hydroxylation is 1. The van der Waals surface area contributed by atoms with Crippen LogP contribution in [0.25, 0.3) is 10.9 Å². The highest BCUT2D eigenvalue weighted by molar-refractivity contribution is 9.10. The Hall–Kier alpha value is -2.02. The Bertz CT molecular complexity index is 839. The first-order valence-corrected chi connectivity index (χ1v) is 9.20. The molecule has 1 aromatic heterocycles. The summed E-state index contributed by atoms with van der Waals surface area (Å²) in [5.74, 6) is -1.96. The van der Waals surface area contributed by atoms with Gasteiger partial charge in [0.05, 0.1) is 22.5 Å². The maximum Gasteiger partial charge on any atom is 0.313 e. The van der Waals surface area contributed by atoms with Crippen molar-refractivity contribution in [1.82, 2.24) is 4.98 Å². The van der Waals surface area contributed by atoms with Crippen molar-refractivity contribution in [1.29, 1.82) is 0 Å². The van der Waals surface area contributed by atoms with Crippen LogP contribution in [0.2, 0.25) is 0 Å². The number of nitrogens with zero attached hydrogens (tertiary/aromatic N) is 1. The van der Waals surface area contributed by atoms with E-state index in [-0.39, 0.29) is 25.4 Å². The number of rotatable bonds is 7. The molecule has 0 aliphatic rings. The summed E-state index contributed by atoms with van der Waals surface area (Å²) < 4.78 is 20.1. The van der Waals surface area contributed by atoms with Gasteiger partial charge in [-0.05, 0) is 59.0 Å². The molecule has 5 nitrogen and oxygen atoms in total. The van der Waals surface area contributed by atoms with E-state index in [4.69, 9.17) is 10.5 Å². The average molecular weight is 425 g/mol. The molecule has 2 rings (SSSR count). The molecule has 0 radical (unpaired) electrons. The Morgan fingerprint density at radius 2 is 2.04 bits per heavy atom. The van der Waals surface area contributed by atoms with Crippen LogP contribution in [-0.4, -0.2) is 23.5 Å². The number of benzene rings is 1. The minimum Gasteiger partial charge on any atom is -0.465 e. The van der Waals surface area contributed by atoms with Crippen LogP contribution in [0.4, 0.5) is 4.39 Å². The van der Waals surface area contributed by atoms with E-state index in [2.05, 4.69) is 20.9 Å². The maximum absolute atomic E-state index is 14.5. The van der Waals surface area contributed by atoms with Gasteiger partial charge < -0.3 is 10.5 Å². The number of carbonyl (C=O) groups excluding carboxylic acids is 2. The fraction of sp³-hybridized carbons (Fsp3) is 0.421. The number of hydrogen-bond donors (Lipinski definition) is 1. The second kappa shape index (κ2) is 8.58. The number of esters is 1. The van der Waals surface area contributed by atoms with E-state index in [0.717, 1.165) is 0 Å². The second-order valence-corrected chi connectivity index (χ2v) is 7.53. The Labute approximate surface area is 160 Å². The third-order valence-electron chi connectivity index (χ3n) is 4.01. The van der Waals surface area contributed by atoms with Gasteiger partial charge >= 0.3 is 5.97 Å². The first-order valence-electron chi connectivity index (χ1n) is 8.41. The van der Waals surface area contributed by atoms with Crippen molar-refractivity contribution in [3.8, 4) is 0 Å². The molecule has 26 heavy (non-hydrogen) atoms. The third kappa shape index (κ3) is 4.78. The summed E-state index contributed by atoms with van der Waals surface area (Å²) >= 11 is 3.16. The van der Waals surface area contributed by atoms with Crippen LogP contribution in [-0.2, 0) is 14.3 Å². The Morgan fingerprint density at radius 1 is 1.35 bits per heavy atom. The fourth-order valence-electron chi connectivity index (χ4n) is 2.69. The van der Waals surface area contributed by atoms with Crippen LogP contribution >= 0.6 is 15.9 Å². The number of aromatic nitrogens is 1. The average Bonchev–Trinajstić information content (AvgIpc) is 2.57. The van der Waals surface area contributed by atoms with Gasteiger partial charge in [-0.15, -0.1) is 0 Å². The number of fused-ring (bicyclic) bond motifs is 1. The normalized spacial score (nSPS) is 12.4. The summed E-state index contributed by atoms with van der Waals surface area (Å²) in [7, 11) is 0. The molecular weight excluding hydrogens is 403 g/mol. The predicted molar refractivity (Wildman–Crippen MR) is 101 cm³/mol. The van der Waals surface area contributed by atoms with E-state index < -0.39 is 23.6 Å². The van der Waals surface area contributed by atoms with Gasteiger partial charge in [0.15, 0.2) is 0 Å². The SMILES string of the molecule is Cc1nc2ccc(Br)c(F)c2cc1C(CCC(N)=O)C(=O)OCC(C)C. The Kier molecular flexibility index (Phi) is 6.69. The van der Waals surface area contributed by atoms with Crippen molar-refractivity contribution >= 4 is 38.7 Å². The van der Waals surface area contributed by atoms with Crippen molar-refractivity contribution in [3.63, 3.8) is 0 Å². The number of hydrogen-bond acceptors (Lipinski definition) is 4. The van der Waals surface area contributed by atoms with Gasteiger partial charge in [0.2, 0.25) is 5.91 Å². The molecule has 0 saturated carbocycles. The molecule has 2 N–H and O–H groups in total. The van der Waals surface area contributed by atoms with Crippen molar-refractivity contribution in [3.05, 3.63) is 39.7 Å². The number of ether oxygens (including phenoxy) is 1. The van der Waals surface area contributed by atoms with Gasteiger partial charge in [-0.25, -0.2) is 4.39 Å². The van der Waals surface area contributed by atoms with Crippen molar-refractivity contribution in [2.75, 3.05) is 6.61 Å². The van der Waals surface area contributed by atoms with E-state index in [1.54, 1.807) is 25.1 Å². The van der Waals surface area contributed by atoms with Gasteiger partial charge in [-0.1, -0.05) is 13.8 Å². The highest BCUT2D eigenvalue weighted by Gasteiger charge is 2.26. The largest absolute Gasteiger partial charge is 0.465 e. The minimum absolute atomic E-state index is 0.0277. The molecule has 2 aromatic rings. The minimum atomic E-state index is -0.725. The molecule has 0 spiro atoms. The van der Waals surface area contributed by atoms with Crippen LogP contribution in [0.15, 0.2) is 22.7 Å². The summed E-state index contributed by atoms with van der Waals surface area (Å²) in [6.07, 6.45) is 0.218. The second-order valence-electron chi connectivity index (χ2n) is 6.67. The zero-order valence-electron chi connectivity index (χ0n) is 15.0. The Morgan fingerprint density at radius 3 is 2.65 bits per heavy atom. The molecular formula is C19H22BrFN2O3. The molecule has 1 heterocycles. The fourth-order valence-corrected chi connectivity index (χ4v) is 3.03. The smallest absolute Gasteiger partial charge is 0.313 e. The van der Waals surface area contributed by atoms with Gasteiger partial charge in [0.25, 0.3) is 0 Å².